The summed E-state index contributed by atoms with van der Waals surface area (Å²) in [4.78, 5) is 0. The summed E-state index contributed by atoms with van der Waals surface area (Å²) >= 11 is 0. The van der Waals surface area contributed by atoms with Crippen LogP contribution in [0.1, 0.15) is 29.2 Å². The molecule has 5 rings (SSSR count). The van der Waals surface area contributed by atoms with Crippen molar-refractivity contribution in [3.63, 3.8) is 0 Å². The van der Waals surface area contributed by atoms with Crippen LogP contribution in [0.15, 0.2) is 133 Å². The molecule has 0 heterocycles. The Labute approximate surface area is 231 Å². The molecule has 0 saturated heterocycles. The molecule has 0 radical (unpaired) electrons. The molecule has 0 N–H and O–H groups in total. The van der Waals surface area contributed by atoms with Crippen LogP contribution in [0.5, 0.6) is 0 Å². The third-order valence-electron chi connectivity index (χ3n) is 7.01. The minimum Gasteiger partial charge on any atom is -0.373 e. The Morgan fingerprint density at radius 3 is 1.49 bits per heavy atom. The number of rotatable bonds is 13. The van der Waals surface area contributed by atoms with Crippen molar-refractivity contribution < 1.29 is 18.9 Å². The Hall–Kier alpha value is -3.54. The summed E-state index contributed by atoms with van der Waals surface area (Å²) in [6.45, 7) is 4.31. The summed E-state index contributed by atoms with van der Waals surface area (Å²) in [6, 6.07) is 40.9. The second-order valence-electron chi connectivity index (χ2n) is 10.0. The highest BCUT2D eigenvalue weighted by Crippen LogP contribution is 2.38. The van der Waals surface area contributed by atoms with Crippen molar-refractivity contribution in [3.8, 4) is 0 Å². The molecule has 4 heteroatoms. The quantitative estimate of drug-likeness (QED) is 0.174. The fourth-order valence-electron chi connectivity index (χ4n) is 5.00. The maximum atomic E-state index is 6.76. The second-order valence-corrected chi connectivity index (χ2v) is 10.0. The zero-order chi connectivity index (χ0) is 26.8. The van der Waals surface area contributed by atoms with Crippen molar-refractivity contribution in [2.75, 3.05) is 6.61 Å². The molecular weight excluding hydrogens is 484 g/mol. The van der Waals surface area contributed by atoms with Gasteiger partial charge in [-0.3, -0.25) is 0 Å². The first kappa shape index (κ1) is 27.0. The van der Waals surface area contributed by atoms with E-state index in [1.807, 2.05) is 72.8 Å². The van der Waals surface area contributed by atoms with Gasteiger partial charge in [0, 0.05) is 0 Å². The van der Waals surface area contributed by atoms with Gasteiger partial charge in [0.2, 0.25) is 0 Å². The molecular formula is C35H36O4. The van der Waals surface area contributed by atoms with E-state index in [0.717, 1.165) is 27.8 Å². The lowest BCUT2D eigenvalue weighted by Gasteiger charge is -2.37. The normalized spacial score (nSPS) is 20.6. The van der Waals surface area contributed by atoms with Crippen LogP contribution in [-0.2, 0) is 45.4 Å². The largest absolute Gasteiger partial charge is 0.373 e. The van der Waals surface area contributed by atoms with Crippen LogP contribution < -0.4 is 0 Å². The molecule has 0 fully saturated rings. The van der Waals surface area contributed by atoms with Gasteiger partial charge in [-0.25, -0.2) is 0 Å². The SMILES string of the molecule is CC1=C[C@@](COCc2ccccc2)(OCc2ccccc2)[C@@H](OCc2ccccc2)[C@@H]1OCc1ccccc1. The van der Waals surface area contributed by atoms with Crippen LogP contribution in [0.25, 0.3) is 0 Å². The Kier molecular flexibility index (Phi) is 9.36. The highest BCUT2D eigenvalue weighted by molar-refractivity contribution is 5.29. The molecule has 3 atom stereocenters. The lowest BCUT2D eigenvalue weighted by Crippen LogP contribution is -2.50. The van der Waals surface area contributed by atoms with Crippen molar-refractivity contribution in [1.82, 2.24) is 0 Å². The highest BCUT2D eigenvalue weighted by Gasteiger charge is 2.50. The van der Waals surface area contributed by atoms with Gasteiger partial charge in [0.15, 0.2) is 0 Å². The molecule has 0 amide bonds. The van der Waals surface area contributed by atoms with Crippen LogP contribution in [0, 0.1) is 0 Å². The number of benzene rings is 4. The fraction of sp³-hybridized carbons (Fsp3) is 0.257. The van der Waals surface area contributed by atoms with Crippen molar-refractivity contribution in [1.29, 1.82) is 0 Å². The molecule has 4 nitrogen and oxygen atoms in total. The standard InChI is InChI=1S/C35H36O4/c1-28-22-35(39-26-32-20-12-5-13-21-32,27-36-23-29-14-6-2-7-15-29)34(38-25-31-18-10-4-11-19-31)33(28)37-24-30-16-8-3-9-17-30/h2-22,33-34H,23-27H2,1H3/t33-,34+,35+/m1/s1. The van der Waals surface area contributed by atoms with E-state index in [1.165, 1.54) is 0 Å². The van der Waals surface area contributed by atoms with Crippen LogP contribution in [0.2, 0.25) is 0 Å². The molecule has 4 aromatic carbocycles. The average molecular weight is 521 g/mol. The van der Waals surface area contributed by atoms with Crippen molar-refractivity contribution in [3.05, 3.63) is 155 Å². The monoisotopic (exact) mass is 520 g/mol. The summed E-state index contributed by atoms with van der Waals surface area (Å²) in [5.41, 5.74) is 4.71. The van der Waals surface area contributed by atoms with E-state index < -0.39 is 5.60 Å². The molecule has 0 saturated carbocycles. The smallest absolute Gasteiger partial charge is 0.139 e. The Morgan fingerprint density at radius 2 is 0.974 bits per heavy atom. The summed E-state index contributed by atoms with van der Waals surface area (Å²) in [5, 5.41) is 0. The van der Waals surface area contributed by atoms with Gasteiger partial charge in [-0.05, 0) is 40.8 Å². The van der Waals surface area contributed by atoms with Crippen molar-refractivity contribution in [2.45, 2.75) is 51.2 Å². The minimum absolute atomic E-state index is 0.273. The predicted octanol–water partition coefficient (Wildman–Crippen LogP) is 7.29. The van der Waals surface area contributed by atoms with Crippen LogP contribution in [0.3, 0.4) is 0 Å². The van der Waals surface area contributed by atoms with Gasteiger partial charge in [0.05, 0.1) is 33.0 Å². The topological polar surface area (TPSA) is 36.9 Å². The first-order valence-electron chi connectivity index (χ1n) is 13.5. The Bertz CT molecular complexity index is 1290. The van der Waals surface area contributed by atoms with Gasteiger partial charge < -0.3 is 18.9 Å². The Balaban J connectivity index is 1.40. The number of ether oxygens (including phenoxy) is 4. The van der Waals surface area contributed by atoms with Crippen molar-refractivity contribution >= 4 is 0 Å². The van der Waals surface area contributed by atoms with Gasteiger partial charge in [0.25, 0.3) is 0 Å². The van der Waals surface area contributed by atoms with Crippen molar-refractivity contribution in [2.24, 2.45) is 0 Å². The number of hydrogen-bond acceptors (Lipinski definition) is 4. The van der Waals surface area contributed by atoms with Gasteiger partial charge in [-0.2, -0.15) is 0 Å². The molecule has 0 bridgehead atoms. The fourth-order valence-corrected chi connectivity index (χ4v) is 5.00. The summed E-state index contributed by atoms with van der Waals surface area (Å²) in [6.07, 6.45) is 1.50. The lowest BCUT2D eigenvalue weighted by atomic mass is 9.99. The molecule has 0 aliphatic heterocycles. The highest BCUT2D eigenvalue weighted by atomic mass is 16.6. The molecule has 4 aromatic rings. The van der Waals surface area contributed by atoms with E-state index in [2.05, 4.69) is 61.5 Å². The van der Waals surface area contributed by atoms with Gasteiger partial charge >= 0.3 is 0 Å². The average Bonchev–Trinajstić information content (AvgIpc) is 3.26. The molecule has 1 aliphatic carbocycles. The van der Waals surface area contributed by atoms with Gasteiger partial charge in [-0.1, -0.05) is 121 Å². The zero-order valence-corrected chi connectivity index (χ0v) is 22.4. The maximum absolute atomic E-state index is 6.76. The second kappa shape index (κ2) is 13.5. The van der Waals surface area contributed by atoms with E-state index in [1.54, 1.807) is 0 Å². The summed E-state index contributed by atoms with van der Waals surface area (Å²) in [5.74, 6) is 0. The summed E-state index contributed by atoms with van der Waals surface area (Å²) < 4.78 is 26.3. The molecule has 0 spiro atoms. The molecule has 0 unspecified atom stereocenters. The maximum Gasteiger partial charge on any atom is 0.139 e. The predicted molar refractivity (Wildman–Crippen MR) is 154 cm³/mol. The summed E-state index contributed by atoms with van der Waals surface area (Å²) in [7, 11) is 0. The first-order chi connectivity index (χ1) is 19.2. The third-order valence-corrected chi connectivity index (χ3v) is 7.01. The van der Waals surface area contributed by atoms with E-state index in [0.29, 0.717) is 33.0 Å². The Morgan fingerprint density at radius 1 is 0.538 bits per heavy atom. The molecule has 39 heavy (non-hydrogen) atoms. The lowest BCUT2D eigenvalue weighted by molar-refractivity contribution is -0.184. The van der Waals surface area contributed by atoms with Crippen LogP contribution >= 0.6 is 0 Å². The van der Waals surface area contributed by atoms with E-state index in [4.69, 9.17) is 18.9 Å². The number of hydrogen-bond donors (Lipinski definition) is 0. The molecule has 200 valence electrons. The molecule has 1 aliphatic rings. The minimum atomic E-state index is -0.815. The van der Waals surface area contributed by atoms with Gasteiger partial charge in [0.1, 0.15) is 17.8 Å². The van der Waals surface area contributed by atoms with Crippen LogP contribution in [-0.4, -0.2) is 24.4 Å². The van der Waals surface area contributed by atoms with E-state index in [9.17, 15) is 0 Å². The van der Waals surface area contributed by atoms with Gasteiger partial charge in [-0.15, -0.1) is 0 Å². The van der Waals surface area contributed by atoms with Crippen LogP contribution in [0.4, 0.5) is 0 Å². The third kappa shape index (κ3) is 7.31. The molecule has 0 aromatic heterocycles. The zero-order valence-electron chi connectivity index (χ0n) is 22.4. The first-order valence-corrected chi connectivity index (χ1v) is 13.5. The van der Waals surface area contributed by atoms with E-state index in [-0.39, 0.29) is 12.2 Å². The van der Waals surface area contributed by atoms with E-state index >= 15 is 0 Å².